The second kappa shape index (κ2) is 9.17. The van der Waals surface area contributed by atoms with Crippen LogP contribution in [0.3, 0.4) is 0 Å². The zero-order valence-electron chi connectivity index (χ0n) is 18.0. The number of rotatable bonds is 5. The first-order valence-electron chi connectivity index (χ1n) is 10.4. The topological polar surface area (TPSA) is 73.0 Å². The van der Waals surface area contributed by atoms with E-state index in [1.54, 1.807) is 41.2 Å². The Morgan fingerprint density at radius 3 is 2.38 bits per heavy atom. The highest BCUT2D eigenvalue weighted by Crippen LogP contribution is 2.29. The third-order valence-electron chi connectivity index (χ3n) is 5.14. The van der Waals surface area contributed by atoms with Crippen molar-refractivity contribution in [3.63, 3.8) is 0 Å². The average Bonchev–Trinajstić information content (AvgIpc) is 3.45. The molecule has 34 heavy (non-hydrogen) atoms. The highest BCUT2D eigenvalue weighted by atomic mass is 35.5. The molecule has 5 rings (SSSR count). The van der Waals surface area contributed by atoms with Gasteiger partial charge in [-0.25, -0.2) is 0 Å². The molecule has 8 heteroatoms. The Bertz CT molecular complexity index is 1520. The van der Waals surface area contributed by atoms with Gasteiger partial charge in [-0.15, -0.1) is 10.2 Å². The number of fused-ring (bicyclic) bond motifs is 1. The number of aromatic nitrogens is 3. The van der Waals surface area contributed by atoms with Crippen molar-refractivity contribution in [1.29, 1.82) is 0 Å². The van der Waals surface area contributed by atoms with Crippen molar-refractivity contribution < 1.29 is 9.21 Å². The van der Waals surface area contributed by atoms with E-state index in [9.17, 15) is 4.79 Å². The van der Waals surface area contributed by atoms with Crippen molar-refractivity contribution in [1.82, 2.24) is 15.0 Å². The molecule has 6 nitrogen and oxygen atoms in total. The lowest BCUT2D eigenvalue weighted by Crippen LogP contribution is -2.08. The summed E-state index contributed by atoms with van der Waals surface area (Å²) in [7, 11) is 0. The molecule has 0 saturated carbocycles. The number of nitrogens with one attached hydrogen (secondary N) is 1. The van der Waals surface area contributed by atoms with E-state index in [1.165, 1.54) is 6.08 Å². The molecule has 5 aromatic rings. The molecule has 0 bridgehead atoms. The number of carbonyl (C=O) groups excluding carboxylic acids is 1. The maximum Gasteiger partial charge on any atom is 0.248 e. The van der Waals surface area contributed by atoms with Crippen LogP contribution in [0.15, 0.2) is 83.3 Å². The van der Waals surface area contributed by atoms with E-state index in [0.717, 1.165) is 22.3 Å². The summed E-state index contributed by atoms with van der Waals surface area (Å²) in [5.74, 6) is 0.841. The number of nitrogens with zero attached hydrogens (tertiary/aromatic N) is 3. The SMILES string of the molecule is Cc1cc2nn(-c3ccccc3)nc2cc1NC(=O)/C=C/c1ccc(-c2cc(Cl)cc(Cl)c2)o1. The van der Waals surface area contributed by atoms with Gasteiger partial charge in [-0.3, -0.25) is 4.79 Å². The van der Waals surface area contributed by atoms with Crippen LogP contribution >= 0.6 is 23.2 Å². The largest absolute Gasteiger partial charge is 0.457 e. The molecule has 1 N–H and O–H groups in total. The third kappa shape index (κ3) is 4.73. The Balaban J connectivity index is 1.32. The first kappa shape index (κ1) is 21.9. The summed E-state index contributed by atoms with van der Waals surface area (Å²) < 4.78 is 5.80. The molecule has 2 heterocycles. The number of anilines is 1. The molecule has 1 amide bonds. The molecule has 0 atom stereocenters. The lowest BCUT2D eigenvalue weighted by molar-refractivity contribution is -0.111. The molecule has 0 aliphatic heterocycles. The lowest BCUT2D eigenvalue weighted by atomic mass is 10.1. The number of amides is 1. The number of para-hydroxylation sites is 1. The quantitative estimate of drug-likeness (QED) is 0.271. The number of carbonyl (C=O) groups is 1. The molecule has 3 aromatic carbocycles. The van der Waals surface area contributed by atoms with Gasteiger partial charge < -0.3 is 9.73 Å². The smallest absolute Gasteiger partial charge is 0.248 e. The zero-order valence-corrected chi connectivity index (χ0v) is 19.5. The van der Waals surface area contributed by atoms with Gasteiger partial charge in [0.2, 0.25) is 5.91 Å². The van der Waals surface area contributed by atoms with Gasteiger partial charge in [0.25, 0.3) is 0 Å². The molecule has 0 fully saturated rings. The normalized spacial score (nSPS) is 11.4. The van der Waals surface area contributed by atoms with Gasteiger partial charge in [-0.05, 0) is 73.2 Å². The standard InChI is InChI=1S/C26H18Cl2N4O2/c1-16-11-23-24(31-32(30-23)20-5-3-2-4-6-20)15-22(16)29-26(33)10-8-21-7-9-25(34-21)17-12-18(27)14-19(28)13-17/h2-15H,1H3,(H,29,33)/b10-8+. The second-order valence-electron chi connectivity index (χ2n) is 7.66. The van der Waals surface area contributed by atoms with E-state index >= 15 is 0 Å². The molecule has 0 unspecified atom stereocenters. The summed E-state index contributed by atoms with van der Waals surface area (Å²) in [6.45, 7) is 1.91. The number of furan rings is 1. The number of hydrogen-bond acceptors (Lipinski definition) is 4. The summed E-state index contributed by atoms with van der Waals surface area (Å²) in [6.07, 6.45) is 3.02. The summed E-state index contributed by atoms with van der Waals surface area (Å²) >= 11 is 12.1. The molecule has 0 spiro atoms. The molecular formula is C26H18Cl2N4O2. The molecule has 0 saturated heterocycles. The van der Waals surface area contributed by atoms with Crippen molar-refractivity contribution >= 4 is 51.9 Å². The van der Waals surface area contributed by atoms with Crippen LogP contribution in [0.2, 0.25) is 10.0 Å². The second-order valence-corrected chi connectivity index (χ2v) is 8.54. The van der Waals surface area contributed by atoms with Crippen molar-refractivity contribution in [2.75, 3.05) is 5.32 Å². The van der Waals surface area contributed by atoms with Gasteiger partial charge in [0, 0.05) is 27.4 Å². The number of hydrogen-bond donors (Lipinski definition) is 1. The molecule has 168 valence electrons. The van der Waals surface area contributed by atoms with Crippen LogP contribution in [0.5, 0.6) is 0 Å². The number of halogens is 2. The summed E-state index contributed by atoms with van der Waals surface area (Å²) in [5.41, 5.74) is 4.60. The van der Waals surface area contributed by atoms with Crippen LogP contribution in [0.4, 0.5) is 5.69 Å². The minimum atomic E-state index is -0.290. The van der Waals surface area contributed by atoms with Crippen molar-refractivity contribution in [3.05, 3.63) is 100 Å². The fraction of sp³-hybridized carbons (Fsp3) is 0.0385. The molecular weight excluding hydrogens is 471 g/mol. The first-order valence-corrected chi connectivity index (χ1v) is 11.2. The average molecular weight is 489 g/mol. The zero-order chi connectivity index (χ0) is 23.7. The molecule has 2 aromatic heterocycles. The number of aryl methyl sites for hydroxylation is 1. The van der Waals surface area contributed by atoms with Gasteiger partial charge in [-0.2, -0.15) is 4.80 Å². The monoisotopic (exact) mass is 488 g/mol. The fourth-order valence-electron chi connectivity index (χ4n) is 3.51. The van der Waals surface area contributed by atoms with Crippen LogP contribution in [0.25, 0.3) is 34.1 Å². The third-order valence-corrected chi connectivity index (χ3v) is 5.58. The van der Waals surface area contributed by atoms with E-state index in [1.807, 2.05) is 49.4 Å². The Kier molecular flexibility index (Phi) is 5.92. The van der Waals surface area contributed by atoms with E-state index in [-0.39, 0.29) is 5.91 Å². The van der Waals surface area contributed by atoms with Crippen molar-refractivity contribution in [2.24, 2.45) is 0 Å². The summed E-state index contributed by atoms with van der Waals surface area (Å²) in [5, 5.41) is 13.0. The fourth-order valence-corrected chi connectivity index (χ4v) is 4.03. The van der Waals surface area contributed by atoms with Crippen LogP contribution in [0.1, 0.15) is 11.3 Å². The van der Waals surface area contributed by atoms with Gasteiger partial charge in [0.05, 0.1) is 5.69 Å². The van der Waals surface area contributed by atoms with Crippen LogP contribution in [-0.4, -0.2) is 20.9 Å². The molecule has 0 aliphatic rings. The Morgan fingerprint density at radius 2 is 1.65 bits per heavy atom. The van der Waals surface area contributed by atoms with Gasteiger partial charge in [0.15, 0.2) is 0 Å². The van der Waals surface area contributed by atoms with E-state index in [4.69, 9.17) is 27.6 Å². The first-order chi connectivity index (χ1) is 16.4. The van der Waals surface area contributed by atoms with Gasteiger partial charge >= 0.3 is 0 Å². The maximum absolute atomic E-state index is 12.6. The van der Waals surface area contributed by atoms with Crippen LogP contribution in [0, 0.1) is 6.92 Å². The Morgan fingerprint density at radius 1 is 0.941 bits per heavy atom. The van der Waals surface area contributed by atoms with Crippen LogP contribution < -0.4 is 5.32 Å². The highest BCUT2D eigenvalue weighted by molar-refractivity contribution is 6.35. The van der Waals surface area contributed by atoms with Gasteiger partial charge in [0.1, 0.15) is 22.6 Å². The summed E-state index contributed by atoms with van der Waals surface area (Å²) in [6, 6.07) is 22.1. The lowest BCUT2D eigenvalue weighted by Gasteiger charge is -2.05. The highest BCUT2D eigenvalue weighted by Gasteiger charge is 2.10. The van der Waals surface area contributed by atoms with Crippen molar-refractivity contribution in [3.8, 4) is 17.0 Å². The molecule has 0 aliphatic carbocycles. The minimum absolute atomic E-state index is 0.290. The predicted molar refractivity (Wildman–Crippen MR) is 135 cm³/mol. The maximum atomic E-state index is 12.6. The number of benzene rings is 3. The van der Waals surface area contributed by atoms with E-state index in [0.29, 0.717) is 32.8 Å². The minimum Gasteiger partial charge on any atom is -0.457 e. The van der Waals surface area contributed by atoms with E-state index in [2.05, 4.69) is 15.5 Å². The molecule has 0 radical (unpaired) electrons. The Labute approximate surface area is 205 Å². The van der Waals surface area contributed by atoms with Gasteiger partial charge in [-0.1, -0.05) is 41.4 Å². The van der Waals surface area contributed by atoms with Crippen molar-refractivity contribution in [2.45, 2.75) is 6.92 Å². The summed E-state index contributed by atoms with van der Waals surface area (Å²) in [4.78, 5) is 14.1. The van der Waals surface area contributed by atoms with Crippen LogP contribution in [-0.2, 0) is 4.79 Å². The van der Waals surface area contributed by atoms with E-state index < -0.39 is 0 Å². The Hall–Kier alpha value is -3.87. The predicted octanol–water partition coefficient (Wildman–Crippen LogP) is 6.95.